The van der Waals surface area contributed by atoms with Gasteiger partial charge in [0.2, 0.25) is 0 Å². The third-order valence-corrected chi connectivity index (χ3v) is 4.82. The highest BCUT2D eigenvalue weighted by Gasteiger charge is 2.44. The number of fused-ring (bicyclic) bond motifs is 2. The quantitative estimate of drug-likeness (QED) is 0.856. The van der Waals surface area contributed by atoms with Crippen molar-refractivity contribution in [3.8, 4) is 5.75 Å². The standard InChI is InChI=1S/C16H20ClNO4/c1-20-10-3-4-12(17)11(9-10)16(19)18-7-8-22-14-6-5-13(18)15(14)21-2/h3-4,9,13-15H,5-8H2,1-2H3/t13-,14-,15-/m0/s1. The number of ether oxygens (including phenoxy) is 3. The molecule has 5 nitrogen and oxygen atoms in total. The second-order valence-electron chi connectivity index (χ2n) is 5.60. The van der Waals surface area contributed by atoms with Gasteiger partial charge in [-0.2, -0.15) is 0 Å². The van der Waals surface area contributed by atoms with E-state index in [0.717, 1.165) is 12.8 Å². The molecule has 3 rings (SSSR count). The first-order chi connectivity index (χ1) is 10.7. The molecule has 1 aromatic rings. The molecule has 1 amide bonds. The molecule has 1 saturated heterocycles. The van der Waals surface area contributed by atoms with Gasteiger partial charge >= 0.3 is 0 Å². The minimum atomic E-state index is -0.0953. The number of carbonyl (C=O) groups is 1. The molecule has 0 radical (unpaired) electrons. The van der Waals surface area contributed by atoms with Gasteiger partial charge in [-0.05, 0) is 31.0 Å². The molecular formula is C16H20ClNO4. The SMILES string of the molecule is COc1ccc(Cl)c(C(=O)N2CCO[C@H]3CC[C@H]2[C@@H]3OC)c1. The third kappa shape index (κ3) is 2.69. The van der Waals surface area contributed by atoms with E-state index in [2.05, 4.69) is 0 Å². The Labute approximate surface area is 135 Å². The lowest BCUT2D eigenvalue weighted by molar-refractivity contribution is -0.0316. The minimum Gasteiger partial charge on any atom is -0.497 e. The van der Waals surface area contributed by atoms with Crippen LogP contribution in [0.3, 0.4) is 0 Å². The van der Waals surface area contributed by atoms with Gasteiger partial charge in [-0.15, -0.1) is 0 Å². The first-order valence-corrected chi connectivity index (χ1v) is 7.82. The maximum absolute atomic E-state index is 13.0. The number of hydrogen-bond donors (Lipinski definition) is 0. The van der Waals surface area contributed by atoms with Crippen molar-refractivity contribution < 1.29 is 19.0 Å². The summed E-state index contributed by atoms with van der Waals surface area (Å²) in [5, 5.41) is 0.430. The fourth-order valence-electron chi connectivity index (χ4n) is 3.40. The van der Waals surface area contributed by atoms with Gasteiger partial charge in [0.15, 0.2) is 0 Å². The smallest absolute Gasteiger partial charge is 0.255 e. The van der Waals surface area contributed by atoms with Crippen LogP contribution >= 0.6 is 11.6 Å². The van der Waals surface area contributed by atoms with Crippen molar-refractivity contribution in [1.29, 1.82) is 0 Å². The van der Waals surface area contributed by atoms with Crippen LogP contribution in [0.1, 0.15) is 23.2 Å². The van der Waals surface area contributed by atoms with Gasteiger partial charge in [-0.25, -0.2) is 0 Å². The van der Waals surface area contributed by atoms with E-state index in [0.29, 0.717) is 29.5 Å². The Morgan fingerprint density at radius 1 is 1.36 bits per heavy atom. The number of amides is 1. The molecule has 2 bridgehead atoms. The summed E-state index contributed by atoms with van der Waals surface area (Å²) in [6.07, 6.45) is 1.80. The van der Waals surface area contributed by atoms with Crippen LogP contribution in [-0.2, 0) is 9.47 Å². The Morgan fingerprint density at radius 2 is 2.18 bits per heavy atom. The molecule has 0 spiro atoms. The summed E-state index contributed by atoms with van der Waals surface area (Å²) >= 11 is 6.21. The van der Waals surface area contributed by atoms with Crippen molar-refractivity contribution in [2.75, 3.05) is 27.4 Å². The van der Waals surface area contributed by atoms with Crippen molar-refractivity contribution >= 4 is 17.5 Å². The number of benzene rings is 1. The number of nitrogens with zero attached hydrogens (tertiary/aromatic N) is 1. The van der Waals surface area contributed by atoms with Crippen molar-refractivity contribution in [2.45, 2.75) is 31.1 Å². The molecule has 3 atom stereocenters. The lowest BCUT2D eigenvalue weighted by Crippen LogP contribution is -2.46. The van der Waals surface area contributed by atoms with Gasteiger partial charge in [0.25, 0.3) is 5.91 Å². The topological polar surface area (TPSA) is 48.0 Å². The van der Waals surface area contributed by atoms with Crippen LogP contribution in [0.4, 0.5) is 0 Å². The minimum absolute atomic E-state index is 0.0345. The van der Waals surface area contributed by atoms with Crippen molar-refractivity contribution in [2.24, 2.45) is 0 Å². The van der Waals surface area contributed by atoms with Gasteiger partial charge in [-0.1, -0.05) is 11.6 Å². The highest BCUT2D eigenvalue weighted by Crippen LogP contribution is 2.33. The largest absolute Gasteiger partial charge is 0.497 e. The maximum Gasteiger partial charge on any atom is 0.255 e. The Morgan fingerprint density at radius 3 is 2.91 bits per heavy atom. The second kappa shape index (κ2) is 6.44. The van der Waals surface area contributed by atoms with Crippen LogP contribution < -0.4 is 4.74 Å². The first kappa shape index (κ1) is 15.6. The Hall–Kier alpha value is -1.30. The molecule has 6 heteroatoms. The number of halogens is 1. The Kier molecular flexibility index (Phi) is 4.57. The van der Waals surface area contributed by atoms with Gasteiger partial charge in [-0.3, -0.25) is 4.79 Å². The predicted octanol–water partition coefficient (Wildman–Crippen LogP) is 2.37. The summed E-state index contributed by atoms with van der Waals surface area (Å²) in [5.74, 6) is 0.522. The molecule has 0 unspecified atom stereocenters. The molecule has 1 aromatic carbocycles. The van der Waals surface area contributed by atoms with E-state index in [4.69, 9.17) is 25.8 Å². The molecule has 2 aliphatic rings. The van der Waals surface area contributed by atoms with E-state index in [9.17, 15) is 4.79 Å². The fraction of sp³-hybridized carbons (Fsp3) is 0.562. The van der Waals surface area contributed by atoms with Crippen LogP contribution in [0.15, 0.2) is 18.2 Å². The summed E-state index contributed by atoms with van der Waals surface area (Å²) in [6, 6.07) is 5.15. The van der Waals surface area contributed by atoms with E-state index in [1.54, 1.807) is 32.4 Å². The summed E-state index contributed by atoms with van der Waals surface area (Å²) in [5.41, 5.74) is 0.459. The molecule has 0 aromatic heterocycles. The van der Waals surface area contributed by atoms with Crippen molar-refractivity contribution in [3.63, 3.8) is 0 Å². The molecule has 1 saturated carbocycles. The van der Waals surface area contributed by atoms with Crippen LogP contribution in [0, 0.1) is 0 Å². The second-order valence-corrected chi connectivity index (χ2v) is 6.01. The summed E-state index contributed by atoms with van der Waals surface area (Å²) in [4.78, 5) is 14.8. The highest BCUT2D eigenvalue weighted by atomic mass is 35.5. The highest BCUT2D eigenvalue weighted by molar-refractivity contribution is 6.33. The summed E-state index contributed by atoms with van der Waals surface area (Å²) in [6.45, 7) is 1.07. The first-order valence-electron chi connectivity index (χ1n) is 7.44. The normalized spacial score (nSPS) is 27.6. The van der Waals surface area contributed by atoms with Crippen LogP contribution in [0.2, 0.25) is 5.02 Å². The van der Waals surface area contributed by atoms with Crippen LogP contribution in [-0.4, -0.2) is 56.4 Å². The zero-order valence-corrected chi connectivity index (χ0v) is 13.5. The average molecular weight is 326 g/mol. The zero-order valence-electron chi connectivity index (χ0n) is 12.8. The van der Waals surface area contributed by atoms with Gasteiger partial charge in [0, 0.05) is 13.7 Å². The van der Waals surface area contributed by atoms with E-state index < -0.39 is 0 Å². The molecule has 1 aliphatic carbocycles. The fourth-order valence-corrected chi connectivity index (χ4v) is 3.60. The van der Waals surface area contributed by atoms with Crippen molar-refractivity contribution in [1.82, 2.24) is 4.90 Å². The van der Waals surface area contributed by atoms with Crippen LogP contribution in [0.5, 0.6) is 5.75 Å². The van der Waals surface area contributed by atoms with Gasteiger partial charge in [0.05, 0.1) is 36.4 Å². The molecule has 2 fully saturated rings. The summed E-state index contributed by atoms with van der Waals surface area (Å²) in [7, 11) is 3.24. The lowest BCUT2D eigenvalue weighted by Gasteiger charge is -2.31. The molecular weight excluding hydrogens is 306 g/mol. The number of methoxy groups -OCH3 is 2. The molecule has 1 heterocycles. The Bertz CT molecular complexity index is 565. The number of carbonyl (C=O) groups excluding carboxylic acids is 1. The average Bonchev–Trinajstić information content (AvgIpc) is 2.82. The summed E-state index contributed by atoms with van der Waals surface area (Å²) < 4.78 is 16.6. The van der Waals surface area contributed by atoms with E-state index >= 15 is 0 Å². The van der Waals surface area contributed by atoms with Crippen molar-refractivity contribution in [3.05, 3.63) is 28.8 Å². The zero-order chi connectivity index (χ0) is 15.7. The lowest BCUT2D eigenvalue weighted by atomic mass is 10.1. The van der Waals surface area contributed by atoms with Gasteiger partial charge < -0.3 is 19.1 Å². The van der Waals surface area contributed by atoms with Crippen LogP contribution in [0.25, 0.3) is 0 Å². The third-order valence-electron chi connectivity index (χ3n) is 4.49. The number of hydrogen-bond acceptors (Lipinski definition) is 4. The number of rotatable bonds is 3. The monoisotopic (exact) mass is 325 g/mol. The molecule has 22 heavy (non-hydrogen) atoms. The van der Waals surface area contributed by atoms with E-state index in [1.807, 2.05) is 4.90 Å². The predicted molar refractivity (Wildman–Crippen MR) is 82.6 cm³/mol. The van der Waals surface area contributed by atoms with Gasteiger partial charge in [0.1, 0.15) is 11.9 Å². The molecule has 1 aliphatic heterocycles. The maximum atomic E-state index is 13.0. The molecule has 0 N–H and O–H groups in total. The van der Waals surface area contributed by atoms with E-state index in [-0.39, 0.29) is 24.2 Å². The molecule has 120 valence electrons. The van der Waals surface area contributed by atoms with E-state index in [1.165, 1.54) is 0 Å². The Balaban J connectivity index is 1.90.